The number of nitrogens with zero attached hydrogens (tertiary/aromatic N) is 1. The second kappa shape index (κ2) is 12.1. The summed E-state index contributed by atoms with van der Waals surface area (Å²) in [5.41, 5.74) is 5.94. The SMILES string of the molecule is CCC(C)C(N)C(=O)NC(CS)C(=O)N1CCCC1C(=O)NC(CC(C)C)C(=O)O. The fourth-order valence-corrected chi connectivity index (χ4v) is 3.68. The molecule has 1 heterocycles. The van der Waals surface area contributed by atoms with Crippen molar-refractivity contribution in [3.05, 3.63) is 0 Å². The monoisotopic (exact) mass is 444 g/mol. The lowest BCUT2D eigenvalue weighted by Gasteiger charge is -2.30. The molecule has 0 aromatic heterocycles. The molecule has 0 saturated carbocycles. The largest absolute Gasteiger partial charge is 0.480 e. The Morgan fingerprint density at radius 1 is 1.17 bits per heavy atom. The van der Waals surface area contributed by atoms with Gasteiger partial charge in [0.1, 0.15) is 18.1 Å². The van der Waals surface area contributed by atoms with Crippen LogP contribution >= 0.6 is 12.6 Å². The van der Waals surface area contributed by atoms with E-state index in [9.17, 15) is 24.3 Å². The van der Waals surface area contributed by atoms with Crippen LogP contribution in [-0.4, -0.2) is 70.2 Å². The van der Waals surface area contributed by atoms with Gasteiger partial charge in [-0.05, 0) is 31.1 Å². The lowest BCUT2D eigenvalue weighted by Crippen LogP contribution is -2.58. The fourth-order valence-electron chi connectivity index (χ4n) is 3.43. The van der Waals surface area contributed by atoms with Gasteiger partial charge in [0, 0.05) is 12.3 Å². The van der Waals surface area contributed by atoms with Gasteiger partial charge in [0.2, 0.25) is 17.7 Å². The Labute approximate surface area is 183 Å². The lowest BCUT2D eigenvalue weighted by molar-refractivity contribution is -0.145. The molecule has 9 nitrogen and oxygen atoms in total. The maximum atomic E-state index is 13.0. The van der Waals surface area contributed by atoms with E-state index in [2.05, 4.69) is 23.3 Å². The van der Waals surface area contributed by atoms with E-state index in [1.165, 1.54) is 4.90 Å². The number of aliphatic carboxylic acids is 1. The Morgan fingerprint density at radius 3 is 2.30 bits per heavy atom. The average molecular weight is 445 g/mol. The number of hydrogen-bond donors (Lipinski definition) is 5. The summed E-state index contributed by atoms with van der Waals surface area (Å²) in [4.78, 5) is 51.0. The Kier molecular flexibility index (Phi) is 10.6. The van der Waals surface area contributed by atoms with Crippen molar-refractivity contribution in [2.45, 2.75) is 77.5 Å². The van der Waals surface area contributed by atoms with Crippen LogP contribution in [0.3, 0.4) is 0 Å². The Hall–Kier alpha value is -1.81. The molecule has 1 aliphatic heterocycles. The summed E-state index contributed by atoms with van der Waals surface area (Å²) >= 11 is 4.19. The first kappa shape index (κ1) is 26.2. The van der Waals surface area contributed by atoms with E-state index in [1.54, 1.807) is 0 Å². The van der Waals surface area contributed by atoms with E-state index in [4.69, 9.17) is 5.73 Å². The van der Waals surface area contributed by atoms with Crippen LogP contribution in [0.2, 0.25) is 0 Å². The smallest absolute Gasteiger partial charge is 0.326 e. The number of rotatable bonds is 11. The van der Waals surface area contributed by atoms with Gasteiger partial charge in [-0.3, -0.25) is 14.4 Å². The molecule has 0 aromatic rings. The molecule has 1 fully saturated rings. The quantitative estimate of drug-likeness (QED) is 0.292. The molecular formula is C20H36N4O5S. The molecule has 0 aliphatic carbocycles. The molecule has 5 unspecified atom stereocenters. The van der Waals surface area contributed by atoms with Crippen molar-refractivity contribution in [3.8, 4) is 0 Å². The number of nitrogens with one attached hydrogen (secondary N) is 2. The molecule has 1 rings (SSSR count). The number of likely N-dealkylation sites (tertiary alicyclic amines) is 1. The van der Waals surface area contributed by atoms with Crippen LogP contribution in [0, 0.1) is 11.8 Å². The van der Waals surface area contributed by atoms with Crippen molar-refractivity contribution >= 4 is 36.3 Å². The average Bonchev–Trinajstić information content (AvgIpc) is 3.19. The Bertz CT molecular complexity index is 630. The lowest BCUT2D eigenvalue weighted by atomic mass is 9.99. The fraction of sp³-hybridized carbons (Fsp3) is 0.800. The van der Waals surface area contributed by atoms with E-state index in [0.717, 1.165) is 6.42 Å². The zero-order valence-electron chi connectivity index (χ0n) is 18.3. The van der Waals surface area contributed by atoms with Gasteiger partial charge in [0.15, 0.2) is 0 Å². The number of carboxylic acids is 1. The van der Waals surface area contributed by atoms with Crippen molar-refractivity contribution in [2.24, 2.45) is 17.6 Å². The number of carbonyl (C=O) groups is 4. The van der Waals surface area contributed by atoms with Crippen LogP contribution in [-0.2, 0) is 19.2 Å². The zero-order valence-corrected chi connectivity index (χ0v) is 19.2. The molecule has 1 aliphatic rings. The molecule has 3 amide bonds. The minimum Gasteiger partial charge on any atom is -0.480 e. The summed E-state index contributed by atoms with van der Waals surface area (Å²) in [5.74, 6) is -2.33. The molecule has 10 heteroatoms. The Morgan fingerprint density at radius 2 is 1.80 bits per heavy atom. The van der Waals surface area contributed by atoms with Crippen LogP contribution in [0.25, 0.3) is 0 Å². The minimum absolute atomic E-state index is 0.0418. The molecule has 0 spiro atoms. The van der Waals surface area contributed by atoms with E-state index >= 15 is 0 Å². The molecule has 0 aromatic carbocycles. The molecule has 0 bridgehead atoms. The normalized spacial score (nSPS) is 20.4. The van der Waals surface area contributed by atoms with Crippen molar-refractivity contribution in [1.29, 1.82) is 0 Å². The third kappa shape index (κ3) is 7.16. The van der Waals surface area contributed by atoms with Crippen LogP contribution in [0.15, 0.2) is 0 Å². The number of amides is 3. The number of hydrogen-bond acceptors (Lipinski definition) is 6. The topological polar surface area (TPSA) is 142 Å². The second-order valence-corrected chi connectivity index (χ2v) is 8.74. The number of nitrogens with two attached hydrogens (primary N) is 1. The van der Waals surface area contributed by atoms with Gasteiger partial charge < -0.3 is 26.4 Å². The summed E-state index contributed by atoms with van der Waals surface area (Å²) < 4.78 is 0. The molecule has 0 radical (unpaired) electrons. The van der Waals surface area contributed by atoms with E-state index in [1.807, 2.05) is 27.7 Å². The van der Waals surface area contributed by atoms with Crippen molar-refractivity contribution < 1.29 is 24.3 Å². The molecule has 5 N–H and O–H groups in total. The summed E-state index contributed by atoms with van der Waals surface area (Å²) in [6.45, 7) is 7.89. The summed E-state index contributed by atoms with van der Waals surface area (Å²) in [5, 5.41) is 14.6. The number of thiol groups is 1. The highest BCUT2D eigenvalue weighted by atomic mass is 32.1. The molecule has 1 saturated heterocycles. The van der Waals surface area contributed by atoms with Crippen LogP contribution in [0.4, 0.5) is 0 Å². The molecule has 172 valence electrons. The van der Waals surface area contributed by atoms with Crippen molar-refractivity contribution in [1.82, 2.24) is 15.5 Å². The second-order valence-electron chi connectivity index (χ2n) is 8.37. The van der Waals surface area contributed by atoms with Crippen LogP contribution in [0.1, 0.15) is 53.4 Å². The highest BCUT2D eigenvalue weighted by Gasteiger charge is 2.39. The van der Waals surface area contributed by atoms with Gasteiger partial charge in [-0.2, -0.15) is 12.6 Å². The van der Waals surface area contributed by atoms with Gasteiger partial charge >= 0.3 is 5.97 Å². The summed E-state index contributed by atoms with van der Waals surface area (Å²) in [6.07, 6.45) is 2.07. The van der Waals surface area contributed by atoms with Crippen LogP contribution in [0.5, 0.6) is 0 Å². The van der Waals surface area contributed by atoms with Gasteiger partial charge in [0.25, 0.3) is 0 Å². The maximum Gasteiger partial charge on any atom is 0.326 e. The van der Waals surface area contributed by atoms with E-state index in [0.29, 0.717) is 25.8 Å². The van der Waals surface area contributed by atoms with Gasteiger partial charge in [-0.25, -0.2) is 4.79 Å². The van der Waals surface area contributed by atoms with Gasteiger partial charge in [-0.1, -0.05) is 34.1 Å². The third-order valence-corrected chi connectivity index (χ3v) is 5.88. The minimum atomic E-state index is -1.10. The predicted octanol–water partition coefficient (Wildman–Crippen LogP) is 0.381. The zero-order chi connectivity index (χ0) is 23.0. The summed E-state index contributed by atoms with van der Waals surface area (Å²) in [6, 6.07) is -3.43. The number of carbonyl (C=O) groups excluding carboxylic acids is 3. The third-order valence-electron chi connectivity index (χ3n) is 5.52. The van der Waals surface area contributed by atoms with Crippen molar-refractivity contribution in [2.75, 3.05) is 12.3 Å². The number of carboxylic acid groups (broad SMARTS) is 1. The molecule has 30 heavy (non-hydrogen) atoms. The molecular weight excluding hydrogens is 408 g/mol. The van der Waals surface area contributed by atoms with E-state index < -0.39 is 47.9 Å². The first-order chi connectivity index (χ1) is 14.0. The van der Waals surface area contributed by atoms with Crippen LogP contribution < -0.4 is 16.4 Å². The van der Waals surface area contributed by atoms with E-state index in [-0.39, 0.29) is 17.6 Å². The van der Waals surface area contributed by atoms with Crippen molar-refractivity contribution in [3.63, 3.8) is 0 Å². The van der Waals surface area contributed by atoms with Gasteiger partial charge in [-0.15, -0.1) is 0 Å². The maximum absolute atomic E-state index is 13.0. The summed E-state index contributed by atoms with van der Waals surface area (Å²) in [7, 11) is 0. The highest BCUT2D eigenvalue weighted by Crippen LogP contribution is 2.20. The highest BCUT2D eigenvalue weighted by molar-refractivity contribution is 7.80. The molecule has 5 atom stereocenters. The first-order valence-electron chi connectivity index (χ1n) is 10.5. The first-order valence-corrected chi connectivity index (χ1v) is 11.2. The van der Waals surface area contributed by atoms with Gasteiger partial charge in [0.05, 0.1) is 6.04 Å². The predicted molar refractivity (Wildman–Crippen MR) is 117 cm³/mol. The standard InChI is InChI=1S/C20H36N4O5S/c1-5-12(4)16(21)18(26)23-14(10-30)19(27)24-8-6-7-15(24)17(25)22-13(20(28)29)9-11(2)3/h11-16,30H,5-10,21H2,1-4H3,(H,22,25)(H,23,26)(H,28,29). The Balaban J connectivity index is 2.84.